The van der Waals surface area contributed by atoms with E-state index in [-0.39, 0.29) is 0 Å². The lowest BCUT2D eigenvalue weighted by atomic mass is 9.72. The molecule has 138 valence electrons. The van der Waals surface area contributed by atoms with Crippen LogP contribution in [-0.4, -0.2) is 27.1 Å². The van der Waals surface area contributed by atoms with Gasteiger partial charge in [0.15, 0.2) is 0 Å². The SMILES string of the molecule is OC1(c2ccnc3ccccc23)CC2CCCC(C1)N2Cc1ccccc1. The Morgan fingerprint density at radius 3 is 2.41 bits per heavy atom. The lowest BCUT2D eigenvalue weighted by Gasteiger charge is -2.52. The first kappa shape index (κ1) is 16.9. The highest BCUT2D eigenvalue weighted by atomic mass is 16.3. The number of hydrogen-bond acceptors (Lipinski definition) is 3. The first-order chi connectivity index (χ1) is 13.2. The van der Waals surface area contributed by atoms with Crippen LogP contribution >= 0.6 is 0 Å². The van der Waals surface area contributed by atoms with E-state index in [1.54, 1.807) is 0 Å². The van der Waals surface area contributed by atoms with Crippen LogP contribution in [0.2, 0.25) is 0 Å². The summed E-state index contributed by atoms with van der Waals surface area (Å²) in [5.74, 6) is 0. The van der Waals surface area contributed by atoms with Crippen molar-refractivity contribution in [2.24, 2.45) is 0 Å². The number of rotatable bonds is 3. The summed E-state index contributed by atoms with van der Waals surface area (Å²) < 4.78 is 0. The van der Waals surface area contributed by atoms with Crippen molar-refractivity contribution in [2.45, 2.75) is 56.3 Å². The minimum absolute atomic E-state index is 0.439. The van der Waals surface area contributed by atoms with Crippen molar-refractivity contribution in [3.63, 3.8) is 0 Å². The molecule has 2 unspecified atom stereocenters. The second kappa shape index (κ2) is 6.74. The van der Waals surface area contributed by atoms with Crippen LogP contribution in [0.15, 0.2) is 66.9 Å². The Morgan fingerprint density at radius 1 is 0.926 bits per heavy atom. The summed E-state index contributed by atoms with van der Waals surface area (Å²) in [5.41, 5.74) is 2.64. The smallest absolute Gasteiger partial charge is 0.0933 e. The first-order valence-corrected chi connectivity index (χ1v) is 10.1. The van der Waals surface area contributed by atoms with Crippen LogP contribution in [0.4, 0.5) is 0 Å². The zero-order valence-electron chi connectivity index (χ0n) is 15.6. The molecule has 2 aliphatic heterocycles. The second-order valence-electron chi connectivity index (χ2n) is 8.21. The Hall–Kier alpha value is -2.23. The third-order valence-electron chi connectivity index (χ3n) is 6.52. The van der Waals surface area contributed by atoms with Gasteiger partial charge in [0.05, 0.1) is 11.1 Å². The minimum Gasteiger partial charge on any atom is -0.385 e. The van der Waals surface area contributed by atoms with Crippen molar-refractivity contribution < 1.29 is 5.11 Å². The number of piperidine rings is 2. The number of benzene rings is 2. The highest BCUT2D eigenvalue weighted by Gasteiger charge is 2.46. The van der Waals surface area contributed by atoms with Crippen LogP contribution in [0.25, 0.3) is 10.9 Å². The maximum absolute atomic E-state index is 11.8. The maximum atomic E-state index is 11.8. The quantitative estimate of drug-likeness (QED) is 0.741. The van der Waals surface area contributed by atoms with Crippen LogP contribution in [0.3, 0.4) is 0 Å². The van der Waals surface area contributed by atoms with Crippen LogP contribution < -0.4 is 0 Å². The Balaban J connectivity index is 1.48. The van der Waals surface area contributed by atoms with Gasteiger partial charge in [-0.3, -0.25) is 9.88 Å². The number of nitrogens with zero attached hydrogens (tertiary/aromatic N) is 2. The molecular formula is C24H26N2O. The van der Waals surface area contributed by atoms with Gasteiger partial charge >= 0.3 is 0 Å². The van der Waals surface area contributed by atoms with E-state index >= 15 is 0 Å². The van der Waals surface area contributed by atoms with Crippen LogP contribution in [-0.2, 0) is 12.1 Å². The zero-order valence-corrected chi connectivity index (χ0v) is 15.6. The summed E-state index contributed by atoms with van der Waals surface area (Å²) in [4.78, 5) is 7.14. The Bertz CT molecular complexity index is 920. The average Bonchev–Trinajstić information content (AvgIpc) is 2.69. The Morgan fingerprint density at radius 2 is 1.63 bits per heavy atom. The van der Waals surface area contributed by atoms with E-state index in [4.69, 9.17) is 0 Å². The molecule has 1 aromatic heterocycles. The normalized spacial score (nSPS) is 28.3. The van der Waals surface area contributed by atoms with Gasteiger partial charge in [0, 0.05) is 30.2 Å². The lowest BCUT2D eigenvalue weighted by Crippen LogP contribution is -2.56. The summed E-state index contributed by atoms with van der Waals surface area (Å²) in [6.45, 7) is 0.989. The fourth-order valence-corrected chi connectivity index (χ4v) is 5.29. The van der Waals surface area contributed by atoms with Gasteiger partial charge in [-0.15, -0.1) is 0 Å². The van der Waals surface area contributed by atoms with Crippen molar-refractivity contribution in [1.29, 1.82) is 0 Å². The molecule has 27 heavy (non-hydrogen) atoms. The molecule has 2 aliphatic rings. The number of para-hydroxylation sites is 1. The van der Waals surface area contributed by atoms with Gasteiger partial charge in [-0.2, -0.15) is 0 Å². The third-order valence-corrected chi connectivity index (χ3v) is 6.52. The van der Waals surface area contributed by atoms with E-state index < -0.39 is 5.60 Å². The first-order valence-electron chi connectivity index (χ1n) is 10.1. The number of aromatic nitrogens is 1. The molecular weight excluding hydrogens is 332 g/mol. The van der Waals surface area contributed by atoms with E-state index in [0.29, 0.717) is 12.1 Å². The number of hydrogen-bond donors (Lipinski definition) is 1. The van der Waals surface area contributed by atoms with E-state index in [1.807, 2.05) is 30.5 Å². The molecule has 2 atom stereocenters. The molecule has 0 radical (unpaired) electrons. The van der Waals surface area contributed by atoms with Crippen LogP contribution in [0, 0.1) is 0 Å². The highest BCUT2D eigenvalue weighted by molar-refractivity contribution is 5.82. The number of fused-ring (bicyclic) bond motifs is 3. The van der Waals surface area contributed by atoms with E-state index in [1.165, 1.54) is 24.8 Å². The molecule has 0 aliphatic carbocycles. The molecule has 2 saturated heterocycles. The monoisotopic (exact) mass is 358 g/mol. The van der Waals surface area contributed by atoms with Gasteiger partial charge in [0.2, 0.25) is 0 Å². The maximum Gasteiger partial charge on any atom is 0.0933 e. The highest BCUT2D eigenvalue weighted by Crippen LogP contribution is 2.46. The van der Waals surface area contributed by atoms with Crippen LogP contribution in [0.1, 0.15) is 43.2 Å². The molecule has 3 nitrogen and oxygen atoms in total. The minimum atomic E-state index is -0.758. The molecule has 2 aromatic carbocycles. The molecule has 2 bridgehead atoms. The summed E-state index contributed by atoms with van der Waals surface area (Å²) >= 11 is 0. The molecule has 0 amide bonds. The summed E-state index contributed by atoms with van der Waals surface area (Å²) in [6, 6.07) is 21.9. The van der Waals surface area contributed by atoms with Crippen molar-refractivity contribution in [2.75, 3.05) is 0 Å². The Kier molecular flexibility index (Phi) is 4.22. The van der Waals surface area contributed by atoms with Gasteiger partial charge in [0.1, 0.15) is 0 Å². The van der Waals surface area contributed by atoms with Gasteiger partial charge in [-0.1, -0.05) is 55.0 Å². The number of pyridine rings is 1. The molecule has 3 aromatic rings. The summed E-state index contributed by atoms with van der Waals surface area (Å²) in [7, 11) is 0. The molecule has 5 rings (SSSR count). The van der Waals surface area contributed by atoms with Crippen molar-refractivity contribution in [3.8, 4) is 0 Å². The van der Waals surface area contributed by atoms with Gasteiger partial charge in [0.25, 0.3) is 0 Å². The number of aliphatic hydroxyl groups is 1. The zero-order chi connectivity index (χ0) is 18.3. The van der Waals surface area contributed by atoms with Crippen LogP contribution in [0.5, 0.6) is 0 Å². The topological polar surface area (TPSA) is 36.4 Å². The molecule has 1 N–H and O–H groups in total. The molecule has 0 spiro atoms. The van der Waals surface area contributed by atoms with Gasteiger partial charge in [-0.05, 0) is 48.9 Å². The predicted octanol–water partition coefficient (Wildman–Crippen LogP) is 4.64. The van der Waals surface area contributed by atoms with E-state index in [2.05, 4.69) is 46.3 Å². The van der Waals surface area contributed by atoms with Gasteiger partial charge < -0.3 is 5.11 Å². The molecule has 3 heterocycles. The lowest BCUT2D eigenvalue weighted by molar-refractivity contribution is -0.0991. The Labute approximate surface area is 160 Å². The van der Waals surface area contributed by atoms with Gasteiger partial charge in [-0.25, -0.2) is 0 Å². The average molecular weight is 358 g/mol. The third kappa shape index (κ3) is 3.05. The fraction of sp³-hybridized carbons (Fsp3) is 0.375. The predicted molar refractivity (Wildman–Crippen MR) is 108 cm³/mol. The standard InChI is InChI=1S/C24H26N2O/c27-24(22-13-14-25-23-12-5-4-11-21(22)23)15-19-9-6-10-20(16-24)26(19)17-18-7-2-1-3-8-18/h1-5,7-8,11-14,19-20,27H,6,9-10,15-17H2. The molecule has 3 heteroatoms. The fourth-order valence-electron chi connectivity index (χ4n) is 5.29. The second-order valence-corrected chi connectivity index (χ2v) is 8.21. The summed E-state index contributed by atoms with van der Waals surface area (Å²) in [6.07, 6.45) is 7.09. The van der Waals surface area contributed by atoms with Crippen molar-refractivity contribution in [1.82, 2.24) is 9.88 Å². The largest absolute Gasteiger partial charge is 0.385 e. The summed E-state index contributed by atoms with van der Waals surface area (Å²) in [5, 5.41) is 12.9. The van der Waals surface area contributed by atoms with Crippen molar-refractivity contribution in [3.05, 3.63) is 78.0 Å². The van der Waals surface area contributed by atoms with E-state index in [9.17, 15) is 5.11 Å². The van der Waals surface area contributed by atoms with Crippen molar-refractivity contribution >= 4 is 10.9 Å². The molecule has 0 saturated carbocycles. The molecule has 2 fully saturated rings. The van der Waals surface area contributed by atoms with E-state index in [0.717, 1.165) is 35.9 Å².